The van der Waals surface area contributed by atoms with Crippen molar-refractivity contribution >= 4 is 29.4 Å². The molecule has 7 heteroatoms. The molecule has 0 bridgehead atoms. The van der Waals surface area contributed by atoms with Crippen molar-refractivity contribution in [1.29, 1.82) is 5.26 Å². The van der Waals surface area contributed by atoms with Crippen LogP contribution in [0.25, 0.3) is 11.1 Å². The van der Waals surface area contributed by atoms with Gasteiger partial charge in [0, 0.05) is 17.6 Å². The molecule has 0 saturated heterocycles. The van der Waals surface area contributed by atoms with E-state index in [1.165, 1.54) is 16.7 Å². The van der Waals surface area contributed by atoms with Crippen molar-refractivity contribution in [1.82, 2.24) is 5.32 Å². The second-order valence-corrected chi connectivity index (χ2v) is 10.5. The number of nitrogens with zero attached hydrogens (tertiary/aromatic N) is 2. The predicted octanol–water partition coefficient (Wildman–Crippen LogP) is 5.87. The van der Waals surface area contributed by atoms with Crippen LogP contribution in [-0.2, 0) is 9.53 Å². The third-order valence-corrected chi connectivity index (χ3v) is 5.94. The number of nitriles is 1. The number of anilines is 1. The van der Waals surface area contributed by atoms with Gasteiger partial charge >= 0.3 is 6.09 Å². The van der Waals surface area contributed by atoms with Crippen LogP contribution in [0.2, 0.25) is 0 Å². The maximum atomic E-state index is 12.4. The largest absolute Gasteiger partial charge is 0.443 e. The Morgan fingerprint density at radius 2 is 1.61 bits per heavy atom. The Kier molecular flexibility index (Phi) is 9.36. The van der Waals surface area contributed by atoms with E-state index in [0.717, 1.165) is 28.1 Å². The standard InChI is InChI=1S/C26H33N3O3S/c1-18(2)17-23(24(30)28-16-15-27)33-22-13-9-20(10-14-22)19-7-11-21(12-8-19)29(6)25(31)32-26(3,4)5/h7-14,18,23H,16-17H2,1-6H3,(H,28,30). The first-order valence-electron chi connectivity index (χ1n) is 11.0. The van der Waals surface area contributed by atoms with Crippen molar-refractivity contribution in [3.63, 3.8) is 0 Å². The van der Waals surface area contributed by atoms with Crippen LogP contribution in [0.5, 0.6) is 0 Å². The molecule has 33 heavy (non-hydrogen) atoms. The number of ether oxygens (including phenoxy) is 1. The first-order chi connectivity index (χ1) is 15.5. The van der Waals surface area contributed by atoms with E-state index >= 15 is 0 Å². The number of hydrogen-bond acceptors (Lipinski definition) is 5. The Balaban J connectivity index is 2.08. The van der Waals surface area contributed by atoms with Gasteiger partial charge < -0.3 is 10.1 Å². The summed E-state index contributed by atoms with van der Waals surface area (Å²) >= 11 is 1.51. The maximum absolute atomic E-state index is 12.4. The lowest BCUT2D eigenvalue weighted by Crippen LogP contribution is -2.34. The van der Waals surface area contributed by atoms with Crippen molar-refractivity contribution in [2.75, 3.05) is 18.5 Å². The average molecular weight is 468 g/mol. The lowest BCUT2D eigenvalue weighted by atomic mass is 10.1. The van der Waals surface area contributed by atoms with Crippen molar-refractivity contribution in [2.24, 2.45) is 5.92 Å². The number of amides is 2. The van der Waals surface area contributed by atoms with Crippen molar-refractivity contribution in [2.45, 2.75) is 56.8 Å². The fourth-order valence-electron chi connectivity index (χ4n) is 3.08. The monoisotopic (exact) mass is 467 g/mol. The number of nitrogens with one attached hydrogen (secondary N) is 1. The van der Waals surface area contributed by atoms with Gasteiger partial charge in [0.2, 0.25) is 5.91 Å². The summed E-state index contributed by atoms with van der Waals surface area (Å²) in [5, 5.41) is 11.2. The number of rotatable bonds is 8. The topological polar surface area (TPSA) is 82.4 Å². The Hall–Kier alpha value is -2.98. The molecular weight excluding hydrogens is 434 g/mol. The number of hydrogen-bond donors (Lipinski definition) is 1. The Bertz CT molecular complexity index is 974. The smallest absolute Gasteiger partial charge is 0.414 e. The third kappa shape index (κ3) is 8.47. The number of benzene rings is 2. The Morgan fingerprint density at radius 3 is 2.09 bits per heavy atom. The zero-order valence-electron chi connectivity index (χ0n) is 20.2. The molecule has 2 rings (SSSR count). The summed E-state index contributed by atoms with van der Waals surface area (Å²) in [6, 6.07) is 17.7. The van der Waals surface area contributed by atoms with Gasteiger partial charge in [0.1, 0.15) is 12.1 Å². The molecule has 0 aliphatic heterocycles. The minimum atomic E-state index is -0.546. The number of carbonyl (C=O) groups is 2. The minimum Gasteiger partial charge on any atom is -0.443 e. The molecule has 0 aromatic heterocycles. The van der Waals surface area contributed by atoms with Gasteiger partial charge in [-0.1, -0.05) is 38.1 Å². The lowest BCUT2D eigenvalue weighted by molar-refractivity contribution is -0.120. The van der Waals surface area contributed by atoms with E-state index in [4.69, 9.17) is 10.00 Å². The molecule has 6 nitrogen and oxygen atoms in total. The molecule has 0 fully saturated rings. The molecule has 0 heterocycles. The van der Waals surface area contributed by atoms with Crippen LogP contribution in [0.15, 0.2) is 53.4 Å². The van der Waals surface area contributed by atoms with Crippen LogP contribution in [0, 0.1) is 17.2 Å². The SMILES string of the molecule is CC(C)CC(Sc1ccc(-c2ccc(N(C)C(=O)OC(C)(C)C)cc2)cc1)C(=O)NCC#N. The van der Waals surface area contributed by atoms with Gasteiger partial charge in [-0.2, -0.15) is 5.26 Å². The van der Waals surface area contributed by atoms with E-state index in [9.17, 15) is 9.59 Å². The summed E-state index contributed by atoms with van der Waals surface area (Å²) in [7, 11) is 1.69. The molecule has 0 spiro atoms. The summed E-state index contributed by atoms with van der Waals surface area (Å²) in [5.74, 6) is 0.260. The fourth-order valence-corrected chi connectivity index (χ4v) is 4.37. The van der Waals surface area contributed by atoms with E-state index in [2.05, 4.69) is 19.2 Å². The molecule has 0 aliphatic carbocycles. The summed E-state index contributed by atoms with van der Waals surface area (Å²) in [6.45, 7) is 9.71. The van der Waals surface area contributed by atoms with Gasteiger partial charge in [-0.25, -0.2) is 4.79 Å². The van der Waals surface area contributed by atoms with Crippen LogP contribution >= 0.6 is 11.8 Å². The second kappa shape index (κ2) is 11.8. The zero-order chi connectivity index (χ0) is 24.6. The van der Waals surface area contributed by atoms with E-state index < -0.39 is 11.7 Å². The van der Waals surface area contributed by atoms with E-state index in [1.807, 2.05) is 75.4 Å². The van der Waals surface area contributed by atoms with Gasteiger partial charge in [-0.05, 0) is 68.5 Å². The van der Waals surface area contributed by atoms with E-state index in [1.54, 1.807) is 7.05 Å². The highest BCUT2D eigenvalue weighted by Gasteiger charge is 2.22. The molecule has 2 aromatic rings. The maximum Gasteiger partial charge on any atom is 0.414 e. The quantitative estimate of drug-likeness (QED) is 0.388. The molecule has 0 saturated carbocycles. The normalized spacial score (nSPS) is 12.1. The first kappa shape index (κ1) is 26.3. The van der Waals surface area contributed by atoms with Gasteiger partial charge in [0.05, 0.1) is 11.3 Å². The van der Waals surface area contributed by atoms with Crippen LogP contribution in [-0.4, -0.2) is 36.4 Å². The third-order valence-electron chi connectivity index (χ3n) is 4.71. The summed E-state index contributed by atoms with van der Waals surface area (Å²) in [6.07, 6.45) is 0.336. The molecule has 1 atom stereocenters. The summed E-state index contributed by atoms with van der Waals surface area (Å²) in [4.78, 5) is 27.2. The van der Waals surface area contributed by atoms with Crippen LogP contribution in [0.4, 0.5) is 10.5 Å². The highest BCUT2D eigenvalue weighted by Crippen LogP contribution is 2.31. The highest BCUT2D eigenvalue weighted by molar-refractivity contribution is 8.00. The van der Waals surface area contributed by atoms with Crippen LogP contribution in [0.3, 0.4) is 0 Å². The summed E-state index contributed by atoms with van der Waals surface area (Å²) in [5.41, 5.74) is 2.27. The molecular formula is C26H33N3O3S. The molecule has 176 valence electrons. The van der Waals surface area contributed by atoms with Gasteiger partial charge in [0.15, 0.2) is 0 Å². The van der Waals surface area contributed by atoms with Gasteiger partial charge in [0.25, 0.3) is 0 Å². The van der Waals surface area contributed by atoms with Gasteiger partial charge in [-0.3, -0.25) is 9.69 Å². The van der Waals surface area contributed by atoms with Crippen molar-refractivity contribution in [3.8, 4) is 17.2 Å². The Morgan fingerprint density at radius 1 is 1.06 bits per heavy atom. The zero-order valence-corrected chi connectivity index (χ0v) is 21.0. The molecule has 1 unspecified atom stereocenters. The molecule has 2 amide bonds. The van der Waals surface area contributed by atoms with E-state index in [-0.39, 0.29) is 17.7 Å². The average Bonchev–Trinajstić information content (AvgIpc) is 2.75. The fraction of sp³-hybridized carbons (Fsp3) is 0.423. The van der Waals surface area contributed by atoms with E-state index in [0.29, 0.717) is 5.92 Å². The minimum absolute atomic E-state index is 0.0199. The highest BCUT2D eigenvalue weighted by atomic mass is 32.2. The number of carbonyl (C=O) groups excluding carboxylic acids is 2. The molecule has 2 aromatic carbocycles. The molecule has 0 radical (unpaired) electrons. The second-order valence-electron chi connectivity index (χ2n) is 9.22. The van der Waals surface area contributed by atoms with Crippen LogP contribution in [0.1, 0.15) is 41.0 Å². The van der Waals surface area contributed by atoms with Gasteiger partial charge in [-0.15, -0.1) is 11.8 Å². The summed E-state index contributed by atoms with van der Waals surface area (Å²) < 4.78 is 5.42. The van der Waals surface area contributed by atoms with Crippen molar-refractivity contribution < 1.29 is 14.3 Å². The lowest BCUT2D eigenvalue weighted by Gasteiger charge is -2.24. The van der Waals surface area contributed by atoms with Crippen molar-refractivity contribution in [3.05, 3.63) is 48.5 Å². The Labute approximate surface area is 201 Å². The predicted molar refractivity (Wildman–Crippen MR) is 134 cm³/mol. The van der Waals surface area contributed by atoms with Crippen LogP contribution < -0.4 is 10.2 Å². The molecule has 1 N–H and O–H groups in total. The molecule has 0 aliphatic rings. The first-order valence-corrected chi connectivity index (χ1v) is 11.9. The number of thioether (sulfide) groups is 1.